The summed E-state index contributed by atoms with van der Waals surface area (Å²) < 4.78 is 28.2. The Labute approximate surface area is 157 Å². The van der Waals surface area contributed by atoms with Crippen LogP contribution in [0.1, 0.15) is 26.3 Å². The molecule has 6 nitrogen and oxygen atoms in total. The van der Waals surface area contributed by atoms with E-state index in [0.717, 1.165) is 11.1 Å². The van der Waals surface area contributed by atoms with Crippen LogP contribution in [0.4, 0.5) is 0 Å². The Morgan fingerprint density at radius 3 is 2.37 bits per heavy atom. The predicted molar refractivity (Wildman–Crippen MR) is 101 cm³/mol. The normalized spacial score (nSPS) is 18.0. The molecule has 4 rings (SSSR count). The van der Waals surface area contributed by atoms with Crippen molar-refractivity contribution >= 4 is 21.6 Å². The summed E-state index contributed by atoms with van der Waals surface area (Å²) in [6, 6.07) is 12.4. The standard InChI is InChI=1S/C20H19NO5S/c22-19-17-4-2-1-3-15(17)16-6-5-14(13-18(16)19)20(23)26-10-7-21-8-11-27(24,25)12-9-21/h1-6,13H,7-12H2. The molecule has 1 fully saturated rings. The first-order chi connectivity index (χ1) is 12.9. The largest absolute Gasteiger partial charge is 0.461 e. The van der Waals surface area contributed by atoms with Crippen molar-refractivity contribution in [2.24, 2.45) is 0 Å². The van der Waals surface area contributed by atoms with E-state index in [9.17, 15) is 18.0 Å². The molecule has 0 amide bonds. The molecule has 2 aromatic carbocycles. The van der Waals surface area contributed by atoms with Gasteiger partial charge in [-0.2, -0.15) is 0 Å². The zero-order chi connectivity index (χ0) is 19.0. The second-order valence-corrected chi connectivity index (χ2v) is 9.07. The lowest BCUT2D eigenvalue weighted by Crippen LogP contribution is -2.41. The summed E-state index contributed by atoms with van der Waals surface area (Å²) in [5.74, 6) is -0.265. The third kappa shape index (κ3) is 3.52. The van der Waals surface area contributed by atoms with Gasteiger partial charge in [0, 0.05) is 30.8 Å². The molecule has 0 radical (unpaired) electrons. The highest BCUT2D eigenvalue weighted by Crippen LogP contribution is 2.36. The van der Waals surface area contributed by atoms with Gasteiger partial charge in [0.2, 0.25) is 0 Å². The minimum atomic E-state index is -2.92. The van der Waals surface area contributed by atoms with Gasteiger partial charge in [-0.15, -0.1) is 0 Å². The average Bonchev–Trinajstić information content (AvgIpc) is 2.95. The third-order valence-electron chi connectivity index (χ3n) is 5.04. The van der Waals surface area contributed by atoms with Crippen molar-refractivity contribution in [3.63, 3.8) is 0 Å². The van der Waals surface area contributed by atoms with Crippen molar-refractivity contribution in [3.8, 4) is 11.1 Å². The molecule has 1 aliphatic heterocycles. The van der Waals surface area contributed by atoms with Gasteiger partial charge in [0.1, 0.15) is 6.61 Å². The van der Waals surface area contributed by atoms with E-state index in [1.807, 2.05) is 23.1 Å². The fourth-order valence-corrected chi connectivity index (χ4v) is 4.76. The molecule has 2 aromatic rings. The van der Waals surface area contributed by atoms with Crippen LogP contribution in [0.25, 0.3) is 11.1 Å². The molecule has 0 atom stereocenters. The maximum Gasteiger partial charge on any atom is 0.338 e. The van der Waals surface area contributed by atoms with Crippen molar-refractivity contribution in [2.75, 3.05) is 37.7 Å². The van der Waals surface area contributed by atoms with Gasteiger partial charge >= 0.3 is 5.97 Å². The van der Waals surface area contributed by atoms with Gasteiger partial charge in [0.25, 0.3) is 0 Å². The molecule has 2 aliphatic rings. The van der Waals surface area contributed by atoms with Crippen LogP contribution >= 0.6 is 0 Å². The summed E-state index contributed by atoms with van der Waals surface area (Å²) in [4.78, 5) is 26.8. The molecular weight excluding hydrogens is 366 g/mol. The lowest BCUT2D eigenvalue weighted by molar-refractivity contribution is 0.0465. The number of hydrogen-bond acceptors (Lipinski definition) is 6. The summed E-state index contributed by atoms with van der Waals surface area (Å²) >= 11 is 0. The minimum Gasteiger partial charge on any atom is -0.461 e. The second-order valence-electron chi connectivity index (χ2n) is 6.76. The zero-order valence-corrected chi connectivity index (χ0v) is 15.5. The first kappa shape index (κ1) is 17.9. The maximum atomic E-state index is 12.5. The van der Waals surface area contributed by atoms with Crippen molar-refractivity contribution < 1.29 is 22.7 Å². The van der Waals surface area contributed by atoms with Crippen molar-refractivity contribution in [2.45, 2.75) is 0 Å². The SMILES string of the molecule is O=C(OCCN1CCS(=O)(=O)CC1)c1ccc2c(c1)C(=O)c1ccccc1-2. The molecule has 0 saturated carbocycles. The third-order valence-corrected chi connectivity index (χ3v) is 6.65. The molecule has 0 spiro atoms. The number of fused-ring (bicyclic) bond motifs is 3. The first-order valence-corrected chi connectivity index (χ1v) is 10.6. The number of benzene rings is 2. The van der Waals surface area contributed by atoms with E-state index in [-0.39, 0.29) is 23.9 Å². The summed E-state index contributed by atoms with van der Waals surface area (Å²) in [6.07, 6.45) is 0. The number of ether oxygens (including phenoxy) is 1. The number of rotatable bonds is 4. The van der Waals surface area contributed by atoms with Gasteiger partial charge in [-0.05, 0) is 23.3 Å². The molecule has 1 aliphatic carbocycles. The van der Waals surface area contributed by atoms with E-state index in [1.165, 1.54) is 0 Å². The Balaban J connectivity index is 1.39. The molecule has 7 heteroatoms. The van der Waals surface area contributed by atoms with Gasteiger partial charge in [-0.25, -0.2) is 13.2 Å². The second kappa shape index (κ2) is 6.90. The lowest BCUT2D eigenvalue weighted by atomic mass is 10.0. The van der Waals surface area contributed by atoms with E-state index >= 15 is 0 Å². The van der Waals surface area contributed by atoms with Crippen LogP contribution in [0.3, 0.4) is 0 Å². The molecule has 1 saturated heterocycles. The van der Waals surface area contributed by atoms with Crippen LogP contribution in [0.15, 0.2) is 42.5 Å². The number of ketones is 1. The molecule has 0 unspecified atom stereocenters. The van der Waals surface area contributed by atoms with Crippen molar-refractivity contribution in [3.05, 3.63) is 59.2 Å². The van der Waals surface area contributed by atoms with E-state index in [4.69, 9.17) is 4.74 Å². The number of sulfone groups is 1. The smallest absolute Gasteiger partial charge is 0.338 e. The Bertz CT molecular complexity index is 1010. The van der Waals surface area contributed by atoms with Crippen LogP contribution in [0.2, 0.25) is 0 Å². The fraction of sp³-hybridized carbons (Fsp3) is 0.300. The summed E-state index contributed by atoms with van der Waals surface area (Å²) in [5, 5.41) is 0. The Hall–Kier alpha value is -2.51. The molecule has 0 bridgehead atoms. The quantitative estimate of drug-likeness (QED) is 0.637. The highest BCUT2D eigenvalue weighted by atomic mass is 32.2. The minimum absolute atomic E-state index is 0.0789. The molecule has 0 N–H and O–H groups in total. The van der Waals surface area contributed by atoms with Crippen LogP contribution in [-0.4, -0.2) is 62.8 Å². The van der Waals surface area contributed by atoms with Gasteiger partial charge in [0.15, 0.2) is 15.6 Å². The summed E-state index contributed by atoms with van der Waals surface area (Å²) in [7, 11) is -2.92. The number of carbonyl (C=O) groups excluding carboxylic acids is 2. The highest BCUT2D eigenvalue weighted by Gasteiger charge is 2.27. The Morgan fingerprint density at radius 1 is 0.963 bits per heavy atom. The van der Waals surface area contributed by atoms with Crippen LogP contribution in [-0.2, 0) is 14.6 Å². The topological polar surface area (TPSA) is 80.8 Å². The van der Waals surface area contributed by atoms with Crippen LogP contribution < -0.4 is 0 Å². The van der Waals surface area contributed by atoms with Gasteiger partial charge in [-0.3, -0.25) is 9.69 Å². The Morgan fingerprint density at radius 2 is 1.63 bits per heavy atom. The van der Waals surface area contributed by atoms with Gasteiger partial charge < -0.3 is 4.74 Å². The number of esters is 1. The number of carbonyl (C=O) groups is 2. The average molecular weight is 385 g/mol. The first-order valence-electron chi connectivity index (χ1n) is 8.83. The van der Waals surface area contributed by atoms with E-state index in [0.29, 0.717) is 36.3 Å². The van der Waals surface area contributed by atoms with E-state index in [1.54, 1.807) is 24.3 Å². The van der Waals surface area contributed by atoms with Gasteiger partial charge in [-0.1, -0.05) is 30.3 Å². The van der Waals surface area contributed by atoms with E-state index < -0.39 is 15.8 Å². The lowest BCUT2D eigenvalue weighted by Gasteiger charge is -2.26. The van der Waals surface area contributed by atoms with Crippen molar-refractivity contribution in [1.82, 2.24) is 4.90 Å². The highest BCUT2D eigenvalue weighted by molar-refractivity contribution is 7.91. The van der Waals surface area contributed by atoms with Crippen LogP contribution in [0.5, 0.6) is 0 Å². The van der Waals surface area contributed by atoms with Gasteiger partial charge in [0.05, 0.1) is 17.1 Å². The number of nitrogens with zero attached hydrogens (tertiary/aromatic N) is 1. The molecule has 0 aromatic heterocycles. The molecule has 1 heterocycles. The summed E-state index contributed by atoms with van der Waals surface area (Å²) in [5.41, 5.74) is 3.24. The monoisotopic (exact) mass is 385 g/mol. The molecular formula is C20H19NO5S. The number of hydrogen-bond donors (Lipinski definition) is 0. The van der Waals surface area contributed by atoms with Crippen LogP contribution in [0, 0.1) is 0 Å². The van der Waals surface area contributed by atoms with Crippen molar-refractivity contribution in [1.29, 1.82) is 0 Å². The zero-order valence-electron chi connectivity index (χ0n) is 14.7. The Kier molecular flexibility index (Phi) is 4.57. The summed E-state index contributed by atoms with van der Waals surface area (Å²) in [6.45, 7) is 1.61. The molecule has 140 valence electrons. The maximum absolute atomic E-state index is 12.5. The van der Waals surface area contributed by atoms with E-state index in [2.05, 4.69) is 0 Å². The predicted octanol–water partition coefficient (Wildman–Crippen LogP) is 1.79. The fourth-order valence-electron chi connectivity index (χ4n) is 3.48. The molecule has 27 heavy (non-hydrogen) atoms.